The van der Waals surface area contributed by atoms with Crippen LogP contribution >= 0.6 is 0 Å². The zero-order chi connectivity index (χ0) is 15.6. The van der Waals surface area contributed by atoms with Crippen LogP contribution in [0.1, 0.15) is 63.6 Å². The van der Waals surface area contributed by atoms with Crippen molar-refractivity contribution in [2.24, 2.45) is 17.3 Å². The van der Waals surface area contributed by atoms with Gasteiger partial charge in [-0.2, -0.15) is 0 Å². The van der Waals surface area contributed by atoms with Crippen molar-refractivity contribution in [3.63, 3.8) is 0 Å². The molecule has 1 aliphatic rings. The van der Waals surface area contributed by atoms with E-state index >= 15 is 0 Å². The van der Waals surface area contributed by atoms with Gasteiger partial charge in [0, 0.05) is 6.04 Å². The number of aryl methyl sites for hydroxylation is 1. The highest BCUT2D eigenvalue weighted by Gasteiger charge is 2.33. The molecule has 0 amide bonds. The second kappa shape index (κ2) is 6.48. The molecule has 0 aliphatic heterocycles. The first kappa shape index (κ1) is 16.5. The predicted molar refractivity (Wildman–Crippen MR) is 87.8 cm³/mol. The second-order valence-electron chi connectivity index (χ2n) is 7.75. The Bertz CT molecular complexity index is 467. The third kappa shape index (κ3) is 3.85. The summed E-state index contributed by atoms with van der Waals surface area (Å²) in [5.41, 5.74) is 2.24. The zero-order valence-corrected chi connectivity index (χ0v) is 14.2. The summed E-state index contributed by atoms with van der Waals surface area (Å²) in [5, 5.41) is 3.42. The van der Waals surface area contributed by atoms with Crippen LogP contribution in [0, 0.1) is 30.0 Å². The average molecular weight is 291 g/mol. The number of halogens is 1. The van der Waals surface area contributed by atoms with Crippen LogP contribution in [-0.4, -0.2) is 7.05 Å². The summed E-state index contributed by atoms with van der Waals surface area (Å²) in [6.45, 7) is 8.87. The average Bonchev–Trinajstić information content (AvgIpc) is 2.43. The quantitative estimate of drug-likeness (QED) is 0.802. The first-order valence-corrected chi connectivity index (χ1v) is 8.26. The van der Waals surface area contributed by atoms with Gasteiger partial charge in [-0.1, -0.05) is 32.9 Å². The molecular weight excluding hydrogens is 261 g/mol. The molecule has 118 valence electrons. The van der Waals surface area contributed by atoms with Crippen LogP contribution in [0.5, 0.6) is 0 Å². The van der Waals surface area contributed by atoms with E-state index in [-0.39, 0.29) is 11.9 Å². The minimum Gasteiger partial charge on any atom is -0.313 e. The fraction of sp³-hybridized carbons (Fsp3) is 0.684. The molecule has 2 rings (SSSR count). The highest BCUT2D eigenvalue weighted by molar-refractivity contribution is 5.26. The smallest absolute Gasteiger partial charge is 0.126 e. The highest BCUT2D eigenvalue weighted by atomic mass is 19.1. The van der Waals surface area contributed by atoms with E-state index in [1.165, 1.54) is 25.7 Å². The summed E-state index contributed by atoms with van der Waals surface area (Å²) in [7, 11) is 2.00. The molecule has 1 nitrogen and oxygen atoms in total. The third-order valence-electron chi connectivity index (χ3n) is 5.33. The molecule has 0 bridgehead atoms. The van der Waals surface area contributed by atoms with Crippen LogP contribution < -0.4 is 5.32 Å². The van der Waals surface area contributed by atoms with E-state index < -0.39 is 0 Å². The van der Waals surface area contributed by atoms with Crippen molar-refractivity contribution < 1.29 is 4.39 Å². The van der Waals surface area contributed by atoms with E-state index in [1.54, 1.807) is 6.07 Å². The normalized spacial score (nSPS) is 24.9. The summed E-state index contributed by atoms with van der Waals surface area (Å²) >= 11 is 0. The Kier molecular flexibility index (Phi) is 5.08. The van der Waals surface area contributed by atoms with E-state index in [0.717, 1.165) is 17.0 Å². The molecule has 1 aromatic carbocycles. The van der Waals surface area contributed by atoms with Crippen LogP contribution in [0.4, 0.5) is 4.39 Å². The van der Waals surface area contributed by atoms with E-state index in [2.05, 4.69) is 32.2 Å². The van der Waals surface area contributed by atoms with Gasteiger partial charge in [0.25, 0.3) is 0 Å². The van der Waals surface area contributed by atoms with Gasteiger partial charge in [0.15, 0.2) is 0 Å². The Labute approximate surface area is 129 Å². The molecule has 1 aromatic rings. The minimum atomic E-state index is -0.0869. The van der Waals surface area contributed by atoms with Gasteiger partial charge in [0.1, 0.15) is 5.82 Å². The van der Waals surface area contributed by atoms with Gasteiger partial charge in [-0.05, 0) is 74.1 Å². The van der Waals surface area contributed by atoms with Gasteiger partial charge in [-0.25, -0.2) is 4.39 Å². The SMILES string of the molecule is CNC(c1ccc(C)c(F)c1)C1CCC(C(C)(C)C)CC1. The maximum absolute atomic E-state index is 13.8. The van der Waals surface area contributed by atoms with Crippen molar-refractivity contribution in [3.05, 3.63) is 35.1 Å². The monoisotopic (exact) mass is 291 g/mol. The Morgan fingerprint density at radius 3 is 2.24 bits per heavy atom. The third-order valence-corrected chi connectivity index (χ3v) is 5.33. The Morgan fingerprint density at radius 2 is 1.76 bits per heavy atom. The lowest BCUT2D eigenvalue weighted by Crippen LogP contribution is -2.32. The molecule has 1 unspecified atom stereocenters. The lowest BCUT2D eigenvalue weighted by molar-refractivity contribution is 0.134. The summed E-state index contributed by atoms with van der Waals surface area (Å²) < 4.78 is 13.8. The molecule has 0 saturated heterocycles. The molecule has 2 heteroatoms. The van der Waals surface area contributed by atoms with Crippen molar-refractivity contribution in [3.8, 4) is 0 Å². The van der Waals surface area contributed by atoms with Gasteiger partial charge >= 0.3 is 0 Å². The van der Waals surface area contributed by atoms with Gasteiger partial charge < -0.3 is 5.32 Å². The van der Waals surface area contributed by atoms with E-state index in [1.807, 2.05) is 20.0 Å². The lowest BCUT2D eigenvalue weighted by Gasteiger charge is -2.39. The summed E-state index contributed by atoms with van der Waals surface area (Å²) in [5.74, 6) is 1.35. The highest BCUT2D eigenvalue weighted by Crippen LogP contribution is 2.43. The van der Waals surface area contributed by atoms with Crippen LogP contribution in [-0.2, 0) is 0 Å². The molecule has 0 heterocycles. The molecule has 1 atom stereocenters. The van der Waals surface area contributed by atoms with E-state index in [0.29, 0.717) is 11.3 Å². The van der Waals surface area contributed by atoms with E-state index in [4.69, 9.17) is 0 Å². The summed E-state index contributed by atoms with van der Waals surface area (Å²) in [6, 6.07) is 5.97. The van der Waals surface area contributed by atoms with Gasteiger partial charge in [0.2, 0.25) is 0 Å². The lowest BCUT2D eigenvalue weighted by atomic mass is 9.68. The molecule has 1 fully saturated rings. The predicted octanol–water partition coefficient (Wildman–Crippen LogP) is 5.25. The molecule has 1 saturated carbocycles. The van der Waals surface area contributed by atoms with Crippen LogP contribution in [0.15, 0.2) is 18.2 Å². The number of nitrogens with one attached hydrogen (secondary N) is 1. The van der Waals surface area contributed by atoms with Crippen molar-refractivity contribution >= 4 is 0 Å². The number of rotatable bonds is 3. The Morgan fingerprint density at radius 1 is 1.14 bits per heavy atom. The molecule has 0 radical (unpaired) electrons. The van der Waals surface area contributed by atoms with Crippen molar-refractivity contribution in [2.75, 3.05) is 7.05 Å². The topological polar surface area (TPSA) is 12.0 Å². The largest absolute Gasteiger partial charge is 0.313 e. The maximum Gasteiger partial charge on any atom is 0.126 e. The number of hydrogen-bond donors (Lipinski definition) is 1. The van der Waals surface area contributed by atoms with Gasteiger partial charge in [0.05, 0.1) is 0 Å². The Balaban J connectivity index is 2.07. The van der Waals surface area contributed by atoms with Crippen molar-refractivity contribution in [1.29, 1.82) is 0 Å². The zero-order valence-electron chi connectivity index (χ0n) is 14.2. The van der Waals surface area contributed by atoms with Crippen LogP contribution in [0.2, 0.25) is 0 Å². The van der Waals surface area contributed by atoms with Crippen LogP contribution in [0.3, 0.4) is 0 Å². The van der Waals surface area contributed by atoms with Gasteiger partial charge in [-0.3, -0.25) is 0 Å². The molecule has 0 spiro atoms. The molecule has 21 heavy (non-hydrogen) atoms. The first-order valence-electron chi connectivity index (χ1n) is 8.26. The number of hydrogen-bond acceptors (Lipinski definition) is 1. The molecule has 0 aromatic heterocycles. The fourth-order valence-corrected chi connectivity index (χ4v) is 3.80. The maximum atomic E-state index is 13.8. The fourth-order valence-electron chi connectivity index (χ4n) is 3.80. The summed E-state index contributed by atoms with van der Waals surface area (Å²) in [4.78, 5) is 0. The Hall–Kier alpha value is -0.890. The molecule has 1 N–H and O–H groups in total. The van der Waals surface area contributed by atoms with Crippen molar-refractivity contribution in [1.82, 2.24) is 5.32 Å². The van der Waals surface area contributed by atoms with E-state index in [9.17, 15) is 4.39 Å². The van der Waals surface area contributed by atoms with Crippen LogP contribution in [0.25, 0.3) is 0 Å². The summed E-state index contributed by atoms with van der Waals surface area (Å²) in [6.07, 6.45) is 5.06. The number of benzene rings is 1. The van der Waals surface area contributed by atoms with Gasteiger partial charge in [-0.15, -0.1) is 0 Å². The molecular formula is C19H30FN. The van der Waals surface area contributed by atoms with Crippen molar-refractivity contribution in [2.45, 2.75) is 59.4 Å². The minimum absolute atomic E-state index is 0.0869. The second-order valence-corrected chi connectivity index (χ2v) is 7.75. The molecule has 1 aliphatic carbocycles. The standard InChI is InChI=1S/C19H30FN/c1-13-6-7-15(12-17(13)20)18(21-5)14-8-10-16(11-9-14)19(2,3)4/h6-7,12,14,16,18,21H,8-11H2,1-5H3. The first-order chi connectivity index (χ1) is 9.82.